The van der Waals surface area contributed by atoms with Crippen molar-refractivity contribution in [2.24, 2.45) is 0 Å². The van der Waals surface area contributed by atoms with E-state index >= 15 is 0 Å². The first-order valence-electron chi connectivity index (χ1n) is 11.9. The standard InChI is InChI=1S/C32H30N2O2/c1-21-7-5-8-22(2)29(21)33-31(35)27-17-13-25(14-18-27)11-12-26-15-19-28(20-16-26)32(36)34-30-23(3)9-6-10-24(30)4/h5-20H,1-4H3,(H,33,35)(H,34,36)/b12-11+. The van der Waals surface area contributed by atoms with Crippen LogP contribution in [0.15, 0.2) is 84.9 Å². The van der Waals surface area contributed by atoms with Crippen LogP contribution in [0.5, 0.6) is 0 Å². The van der Waals surface area contributed by atoms with Gasteiger partial charge in [-0.25, -0.2) is 0 Å². The van der Waals surface area contributed by atoms with E-state index in [-0.39, 0.29) is 11.8 Å². The van der Waals surface area contributed by atoms with Gasteiger partial charge in [0.15, 0.2) is 0 Å². The number of benzene rings is 4. The van der Waals surface area contributed by atoms with Crippen LogP contribution in [-0.4, -0.2) is 11.8 Å². The zero-order chi connectivity index (χ0) is 25.7. The van der Waals surface area contributed by atoms with Crippen molar-refractivity contribution in [2.75, 3.05) is 10.6 Å². The number of rotatable bonds is 6. The molecule has 4 nitrogen and oxygen atoms in total. The number of aryl methyl sites for hydroxylation is 4. The Kier molecular flexibility index (Phi) is 7.45. The molecule has 4 aromatic carbocycles. The summed E-state index contributed by atoms with van der Waals surface area (Å²) in [4.78, 5) is 25.4. The summed E-state index contributed by atoms with van der Waals surface area (Å²) in [6.07, 6.45) is 3.97. The van der Waals surface area contributed by atoms with E-state index in [0.717, 1.165) is 44.8 Å². The van der Waals surface area contributed by atoms with Crippen LogP contribution < -0.4 is 10.6 Å². The van der Waals surface area contributed by atoms with Crippen LogP contribution in [0, 0.1) is 27.7 Å². The first-order chi connectivity index (χ1) is 17.3. The van der Waals surface area contributed by atoms with Gasteiger partial charge in [-0.05, 0) is 85.3 Å². The summed E-state index contributed by atoms with van der Waals surface area (Å²) in [6.45, 7) is 7.95. The van der Waals surface area contributed by atoms with E-state index in [1.165, 1.54) is 0 Å². The summed E-state index contributed by atoms with van der Waals surface area (Å²) in [5, 5.41) is 6.04. The Hall–Kier alpha value is -4.44. The molecule has 0 spiro atoms. The van der Waals surface area contributed by atoms with E-state index < -0.39 is 0 Å². The fourth-order valence-corrected chi connectivity index (χ4v) is 4.08. The number of hydrogen-bond acceptors (Lipinski definition) is 2. The highest BCUT2D eigenvalue weighted by molar-refractivity contribution is 6.06. The number of anilines is 2. The first kappa shape index (κ1) is 24.7. The molecule has 180 valence electrons. The molecular weight excluding hydrogens is 444 g/mol. The van der Waals surface area contributed by atoms with Gasteiger partial charge in [-0.15, -0.1) is 0 Å². The van der Waals surface area contributed by atoms with Crippen molar-refractivity contribution in [2.45, 2.75) is 27.7 Å². The third-order valence-corrected chi connectivity index (χ3v) is 6.25. The minimum absolute atomic E-state index is 0.127. The van der Waals surface area contributed by atoms with Crippen LogP contribution in [-0.2, 0) is 0 Å². The molecule has 0 fully saturated rings. The van der Waals surface area contributed by atoms with Crippen LogP contribution in [0.25, 0.3) is 12.2 Å². The normalized spacial score (nSPS) is 10.9. The number of nitrogens with one attached hydrogen (secondary N) is 2. The van der Waals surface area contributed by atoms with Crippen molar-refractivity contribution in [1.82, 2.24) is 0 Å². The van der Waals surface area contributed by atoms with Gasteiger partial charge in [0.1, 0.15) is 0 Å². The van der Waals surface area contributed by atoms with Crippen molar-refractivity contribution in [3.05, 3.63) is 129 Å². The minimum atomic E-state index is -0.127. The lowest BCUT2D eigenvalue weighted by Gasteiger charge is -2.11. The van der Waals surface area contributed by atoms with Gasteiger partial charge >= 0.3 is 0 Å². The molecule has 0 aliphatic rings. The summed E-state index contributed by atoms with van der Waals surface area (Å²) < 4.78 is 0. The SMILES string of the molecule is Cc1cccc(C)c1NC(=O)c1ccc(/C=C/c2ccc(C(=O)Nc3c(C)cccc3C)cc2)cc1. The van der Waals surface area contributed by atoms with E-state index in [9.17, 15) is 9.59 Å². The third kappa shape index (κ3) is 5.78. The van der Waals surface area contributed by atoms with Crippen molar-refractivity contribution >= 4 is 35.3 Å². The van der Waals surface area contributed by atoms with Gasteiger partial charge in [-0.2, -0.15) is 0 Å². The Morgan fingerprint density at radius 1 is 0.500 bits per heavy atom. The molecule has 0 aliphatic heterocycles. The van der Waals surface area contributed by atoms with Gasteiger partial charge < -0.3 is 10.6 Å². The van der Waals surface area contributed by atoms with E-state index in [1.54, 1.807) is 0 Å². The molecule has 0 aliphatic carbocycles. The van der Waals surface area contributed by atoms with Gasteiger partial charge in [0, 0.05) is 22.5 Å². The molecule has 0 bridgehead atoms. The fourth-order valence-electron chi connectivity index (χ4n) is 4.08. The molecule has 4 aromatic rings. The quantitative estimate of drug-likeness (QED) is 0.283. The number of carbonyl (C=O) groups is 2. The fraction of sp³-hybridized carbons (Fsp3) is 0.125. The van der Waals surface area contributed by atoms with Gasteiger partial charge in [0.25, 0.3) is 11.8 Å². The molecule has 2 N–H and O–H groups in total. The van der Waals surface area contributed by atoms with Crippen LogP contribution >= 0.6 is 0 Å². The number of carbonyl (C=O) groups excluding carboxylic acids is 2. The highest BCUT2D eigenvalue weighted by Gasteiger charge is 2.10. The van der Waals surface area contributed by atoms with Crippen LogP contribution in [0.1, 0.15) is 54.1 Å². The molecule has 0 saturated heterocycles. The van der Waals surface area contributed by atoms with Crippen molar-refractivity contribution in [3.8, 4) is 0 Å². The molecule has 0 radical (unpaired) electrons. The molecule has 36 heavy (non-hydrogen) atoms. The van der Waals surface area contributed by atoms with Crippen molar-refractivity contribution in [3.63, 3.8) is 0 Å². The Morgan fingerprint density at radius 2 is 0.806 bits per heavy atom. The highest BCUT2D eigenvalue weighted by Crippen LogP contribution is 2.22. The third-order valence-electron chi connectivity index (χ3n) is 6.25. The molecule has 2 amide bonds. The lowest BCUT2D eigenvalue weighted by molar-refractivity contribution is 0.101. The Bertz CT molecular complexity index is 1280. The van der Waals surface area contributed by atoms with Crippen LogP contribution in [0.2, 0.25) is 0 Å². The molecule has 4 rings (SSSR count). The molecule has 0 saturated carbocycles. The van der Waals surface area contributed by atoms with Crippen LogP contribution in [0.3, 0.4) is 0 Å². The van der Waals surface area contributed by atoms with Gasteiger partial charge in [0.2, 0.25) is 0 Å². The molecular formula is C32H30N2O2. The minimum Gasteiger partial charge on any atom is -0.322 e. The van der Waals surface area contributed by atoms with Gasteiger partial charge in [0.05, 0.1) is 0 Å². The van der Waals surface area contributed by atoms with E-state index in [2.05, 4.69) is 10.6 Å². The topological polar surface area (TPSA) is 58.2 Å². The summed E-state index contributed by atoms with van der Waals surface area (Å²) in [7, 11) is 0. The second-order valence-electron chi connectivity index (χ2n) is 9.02. The maximum atomic E-state index is 12.7. The highest BCUT2D eigenvalue weighted by atomic mass is 16.2. The van der Waals surface area contributed by atoms with Crippen LogP contribution in [0.4, 0.5) is 11.4 Å². The summed E-state index contributed by atoms with van der Waals surface area (Å²) in [5.41, 5.74) is 9.05. The molecule has 0 atom stereocenters. The summed E-state index contributed by atoms with van der Waals surface area (Å²) >= 11 is 0. The number of amides is 2. The average molecular weight is 475 g/mol. The van der Waals surface area contributed by atoms with E-state index in [1.807, 2.05) is 125 Å². The van der Waals surface area contributed by atoms with E-state index in [4.69, 9.17) is 0 Å². The molecule has 0 heterocycles. The maximum Gasteiger partial charge on any atom is 0.255 e. The molecule has 0 unspecified atom stereocenters. The largest absolute Gasteiger partial charge is 0.322 e. The number of hydrogen-bond donors (Lipinski definition) is 2. The lowest BCUT2D eigenvalue weighted by atomic mass is 10.1. The monoisotopic (exact) mass is 474 g/mol. The number of para-hydroxylation sites is 2. The second-order valence-corrected chi connectivity index (χ2v) is 9.02. The van der Waals surface area contributed by atoms with Crippen molar-refractivity contribution < 1.29 is 9.59 Å². The zero-order valence-corrected chi connectivity index (χ0v) is 21.1. The molecule has 0 aromatic heterocycles. The van der Waals surface area contributed by atoms with E-state index in [0.29, 0.717) is 11.1 Å². The second kappa shape index (κ2) is 10.9. The Labute approximate surface area is 212 Å². The maximum absolute atomic E-state index is 12.7. The van der Waals surface area contributed by atoms with Gasteiger partial charge in [-0.3, -0.25) is 9.59 Å². The van der Waals surface area contributed by atoms with Crippen molar-refractivity contribution in [1.29, 1.82) is 0 Å². The Balaban J connectivity index is 1.39. The zero-order valence-electron chi connectivity index (χ0n) is 21.1. The van der Waals surface area contributed by atoms with Gasteiger partial charge in [-0.1, -0.05) is 72.8 Å². The predicted octanol–water partition coefficient (Wildman–Crippen LogP) is 7.60. The summed E-state index contributed by atoms with van der Waals surface area (Å²) in [6, 6.07) is 26.9. The predicted molar refractivity (Wildman–Crippen MR) is 150 cm³/mol. The first-order valence-corrected chi connectivity index (χ1v) is 11.9. The Morgan fingerprint density at radius 3 is 1.11 bits per heavy atom. The smallest absolute Gasteiger partial charge is 0.255 e. The average Bonchev–Trinajstić information content (AvgIpc) is 2.88. The summed E-state index contributed by atoms with van der Waals surface area (Å²) in [5.74, 6) is -0.254. The lowest BCUT2D eigenvalue weighted by Crippen LogP contribution is -2.13. The molecule has 4 heteroatoms.